The van der Waals surface area contributed by atoms with Gasteiger partial charge >= 0.3 is 0 Å². The molecule has 0 aromatic heterocycles. The van der Waals surface area contributed by atoms with E-state index in [1.54, 1.807) is 6.08 Å². The topological polar surface area (TPSA) is 228 Å². The molecule has 0 saturated carbocycles. The minimum Gasteiger partial charge on any atom is -0.394 e. The standard InChI is InChI=1S/C55H105NO13/c1-3-5-7-9-11-13-15-17-18-19-20-21-22-23-24-25-27-29-31-33-35-37-39-47(60)56-43(44(59)38-36-34-32-30-28-26-16-14-12-10-8-6-4-2)42-66-54-52(65)50(63)53(46(41-58)68-54)69-55-51(64)49(62)48(61)45(40-57)67-55/h36,38,43-46,48-55,57-59,61-65H,3-35,37,39-42H2,1-2H3,(H,56,60). The van der Waals surface area contributed by atoms with E-state index < -0.39 is 86.8 Å². The fraction of sp³-hybridized carbons (Fsp3) is 0.945. The zero-order chi connectivity index (χ0) is 50.3. The molecule has 2 saturated heterocycles. The minimum atomic E-state index is -1.78. The first-order valence-electron chi connectivity index (χ1n) is 28.4. The van der Waals surface area contributed by atoms with Gasteiger partial charge in [0.1, 0.15) is 48.8 Å². The monoisotopic (exact) mass is 988 g/mol. The smallest absolute Gasteiger partial charge is 0.220 e. The van der Waals surface area contributed by atoms with E-state index in [-0.39, 0.29) is 18.9 Å². The van der Waals surface area contributed by atoms with Gasteiger partial charge < -0.3 is 65.1 Å². The van der Waals surface area contributed by atoms with Gasteiger partial charge in [-0.15, -0.1) is 0 Å². The van der Waals surface area contributed by atoms with Gasteiger partial charge in [-0.3, -0.25) is 4.79 Å². The average Bonchev–Trinajstić information content (AvgIpc) is 3.35. The summed E-state index contributed by atoms with van der Waals surface area (Å²) < 4.78 is 22.7. The Labute approximate surface area is 418 Å². The molecule has 14 nitrogen and oxygen atoms in total. The summed E-state index contributed by atoms with van der Waals surface area (Å²) in [6.07, 6.45) is 29.7. The number of hydrogen-bond acceptors (Lipinski definition) is 13. The number of carbonyl (C=O) groups excluding carboxylic acids is 1. The Kier molecular flexibility index (Phi) is 39.0. The molecule has 0 bridgehead atoms. The SMILES string of the molecule is CCCCCCCCCCCCCC=CC(O)C(COC1OC(CO)C(OC2OC(CO)C(O)C(O)C2O)C(O)C1O)NC(=O)CCCCCCCCCCCCCCCCCCCCCCCC. The Morgan fingerprint density at radius 3 is 1.33 bits per heavy atom. The highest BCUT2D eigenvalue weighted by Gasteiger charge is 2.51. The summed E-state index contributed by atoms with van der Waals surface area (Å²) in [6.45, 7) is 2.81. The predicted octanol–water partition coefficient (Wildman–Crippen LogP) is 8.72. The fourth-order valence-electron chi connectivity index (χ4n) is 9.59. The zero-order valence-corrected chi connectivity index (χ0v) is 43.6. The Balaban J connectivity index is 1.76. The summed E-state index contributed by atoms with van der Waals surface area (Å²) in [5.41, 5.74) is 0. The van der Waals surface area contributed by atoms with Gasteiger partial charge in [0.2, 0.25) is 5.91 Å². The van der Waals surface area contributed by atoms with Crippen molar-refractivity contribution in [3.8, 4) is 0 Å². The van der Waals surface area contributed by atoms with Gasteiger partial charge in [0, 0.05) is 6.42 Å². The van der Waals surface area contributed by atoms with Crippen molar-refractivity contribution >= 4 is 5.91 Å². The quantitative estimate of drug-likeness (QED) is 0.0206. The lowest BCUT2D eigenvalue weighted by Gasteiger charge is -2.46. The number of nitrogens with one attached hydrogen (secondary N) is 1. The molecule has 2 aliphatic heterocycles. The second kappa shape index (κ2) is 42.1. The molecule has 0 aliphatic carbocycles. The van der Waals surface area contributed by atoms with Crippen molar-refractivity contribution in [2.45, 2.75) is 312 Å². The van der Waals surface area contributed by atoms with Crippen molar-refractivity contribution in [2.75, 3.05) is 19.8 Å². The molecule has 0 radical (unpaired) electrons. The number of rotatable bonds is 45. The van der Waals surface area contributed by atoms with Gasteiger partial charge in [-0.25, -0.2) is 0 Å². The van der Waals surface area contributed by atoms with Crippen LogP contribution in [-0.2, 0) is 23.7 Å². The Morgan fingerprint density at radius 2 is 0.899 bits per heavy atom. The number of amides is 1. The van der Waals surface area contributed by atoms with Crippen LogP contribution in [0.25, 0.3) is 0 Å². The van der Waals surface area contributed by atoms with Gasteiger partial charge in [0.15, 0.2) is 12.6 Å². The maximum atomic E-state index is 13.2. The highest BCUT2D eigenvalue weighted by atomic mass is 16.7. The van der Waals surface area contributed by atoms with Crippen LogP contribution in [-0.4, -0.2) is 140 Å². The molecule has 2 fully saturated rings. The van der Waals surface area contributed by atoms with Crippen LogP contribution in [0, 0.1) is 0 Å². The summed E-state index contributed by atoms with van der Waals surface area (Å²) in [6, 6.07) is -0.908. The molecule has 69 heavy (non-hydrogen) atoms. The van der Waals surface area contributed by atoms with Crippen LogP contribution in [0.5, 0.6) is 0 Å². The maximum Gasteiger partial charge on any atom is 0.220 e. The molecule has 12 unspecified atom stereocenters. The lowest BCUT2D eigenvalue weighted by Crippen LogP contribution is -2.65. The molecule has 1 amide bonds. The fourth-order valence-corrected chi connectivity index (χ4v) is 9.59. The third-order valence-corrected chi connectivity index (χ3v) is 14.2. The molecule has 2 aliphatic rings. The third-order valence-electron chi connectivity index (χ3n) is 14.2. The van der Waals surface area contributed by atoms with Crippen LogP contribution in [0.15, 0.2) is 12.2 Å². The lowest BCUT2D eigenvalue weighted by atomic mass is 9.97. The maximum absolute atomic E-state index is 13.2. The van der Waals surface area contributed by atoms with Crippen molar-refractivity contribution in [1.29, 1.82) is 0 Å². The molecule has 408 valence electrons. The molecule has 0 aromatic carbocycles. The lowest BCUT2D eigenvalue weighted by molar-refractivity contribution is -0.359. The molecular formula is C55H105NO13. The minimum absolute atomic E-state index is 0.235. The summed E-state index contributed by atoms with van der Waals surface area (Å²) in [7, 11) is 0. The van der Waals surface area contributed by atoms with Crippen molar-refractivity contribution in [3.63, 3.8) is 0 Å². The van der Waals surface area contributed by atoms with E-state index in [0.29, 0.717) is 6.42 Å². The zero-order valence-electron chi connectivity index (χ0n) is 43.6. The summed E-state index contributed by atoms with van der Waals surface area (Å²) in [5, 5.41) is 86.9. The van der Waals surface area contributed by atoms with E-state index in [1.165, 1.54) is 173 Å². The number of allylic oxidation sites excluding steroid dienone is 1. The largest absolute Gasteiger partial charge is 0.394 e. The number of aliphatic hydroxyl groups is 8. The van der Waals surface area contributed by atoms with Crippen molar-refractivity contribution in [3.05, 3.63) is 12.2 Å². The normalized spacial score (nSPS) is 26.2. The number of carbonyl (C=O) groups is 1. The second-order valence-electron chi connectivity index (χ2n) is 20.4. The average molecular weight is 988 g/mol. The number of ether oxygens (including phenoxy) is 4. The first-order valence-corrected chi connectivity index (χ1v) is 28.4. The van der Waals surface area contributed by atoms with Gasteiger partial charge in [0.05, 0.1) is 32.0 Å². The highest BCUT2D eigenvalue weighted by molar-refractivity contribution is 5.76. The van der Waals surface area contributed by atoms with E-state index in [2.05, 4.69) is 19.2 Å². The van der Waals surface area contributed by atoms with E-state index in [9.17, 15) is 45.6 Å². The van der Waals surface area contributed by atoms with Crippen LogP contribution in [0.2, 0.25) is 0 Å². The van der Waals surface area contributed by atoms with Gasteiger partial charge in [0.25, 0.3) is 0 Å². The highest BCUT2D eigenvalue weighted by Crippen LogP contribution is 2.30. The van der Waals surface area contributed by atoms with Crippen LogP contribution in [0.4, 0.5) is 0 Å². The van der Waals surface area contributed by atoms with Crippen LogP contribution in [0.1, 0.15) is 239 Å². The molecule has 2 heterocycles. The summed E-state index contributed by atoms with van der Waals surface area (Å²) in [5.74, 6) is -0.235. The van der Waals surface area contributed by atoms with E-state index in [1.807, 2.05) is 6.08 Å². The number of unbranched alkanes of at least 4 members (excludes halogenated alkanes) is 32. The van der Waals surface area contributed by atoms with E-state index in [4.69, 9.17) is 18.9 Å². The molecule has 12 atom stereocenters. The van der Waals surface area contributed by atoms with Crippen LogP contribution in [0.3, 0.4) is 0 Å². The van der Waals surface area contributed by atoms with Gasteiger partial charge in [-0.05, 0) is 19.3 Å². The van der Waals surface area contributed by atoms with Crippen molar-refractivity contribution in [2.24, 2.45) is 0 Å². The molecule has 2 rings (SSSR count). The first-order chi connectivity index (χ1) is 33.6. The molecule has 0 spiro atoms. The summed E-state index contributed by atoms with van der Waals surface area (Å²) in [4.78, 5) is 13.2. The van der Waals surface area contributed by atoms with Gasteiger partial charge in [-0.1, -0.05) is 225 Å². The first kappa shape index (κ1) is 63.8. The van der Waals surface area contributed by atoms with Crippen LogP contribution >= 0.6 is 0 Å². The number of hydrogen-bond donors (Lipinski definition) is 9. The van der Waals surface area contributed by atoms with E-state index in [0.717, 1.165) is 38.5 Å². The molecule has 0 aromatic rings. The second-order valence-corrected chi connectivity index (χ2v) is 20.4. The molecular weight excluding hydrogens is 883 g/mol. The number of aliphatic hydroxyl groups excluding tert-OH is 8. The third kappa shape index (κ3) is 28.7. The predicted molar refractivity (Wildman–Crippen MR) is 272 cm³/mol. The van der Waals surface area contributed by atoms with Gasteiger partial charge in [-0.2, -0.15) is 0 Å². The molecule has 9 N–H and O–H groups in total. The van der Waals surface area contributed by atoms with Crippen molar-refractivity contribution < 1.29 is 64.6 Å². The summed E-state index contributed by atoms with van der Waals surface area (Å²) >= 11 is 0. The Bertz CT molecular complexity index is 1210. The van der Waals surface area contributed by atoms with E-state index >= 15 is 0 Å². The van der Waals surface area contributed by atoms with Crippen LogP contribution < -0.4 is 5.32 Å². The Morgan fingerprint density at radius 1 is 0.507 bits per heavy atom. The molecule has 14 heteroatoms. The van der Waals surface area contributed by atoms with Crippen molar-refractivity contribution in [1.82, 2.24) is 5.32 Å². The Hall–Kier alpha value is -1.27.